The maximum Gasteiger partial charge on any atom is 0.127 e. The largest absolute Gasteiger partial charge is 0.488 e. The molecule has 0 aliphatic heterocycles. The summed E-state index contributed by atoms with van der Waals surface area (Å²) in [6, 6.07) is 30.8. The number of benzene rings is 4. The monoisotopic (exact) mass is 449 g/mol. The molecule has 3 nitrogen and oxygen atoms in total. The van der Waals surface area contributed by atoms with Crippen LogP contribution in [0.2, 0.25) is 10.0 Å². The van der Waals surface area contributed by atoms with Gasteiger partial charge in [0.05, 0.1) is 0 Å². The number of ether oxygens (including phenoxy) is 2. The first kappa shape index (κ1) is 21.1. The number of nitrogens with one attached hydrogen (secondary N) is 1. The van der Waals surface area contributed by atoms with Crippen LogP contribution in [0.15, 0.2) is 97.1 Å². The molecule has 0 amide bonds. The van der Waals surface area contributed by atoms with Crippen molar-refractivity contribution >= 4 is 28.9 Å². The third-order valence-corrected chi connectivity index (χ3v) is 5.28. The summed E-state index contributed by atoms with van der Waals surface area (Å²) in [5, 5.41) is 4.76. The summed E-state index contributed by atoms with van der Waals surface area (Å²) in [5.74, 6) is 2.35. The first-order valence-electron chi connectivity index (χ1n) is 9.89. The van der Waals surface area contributed by atoms with Crippen molar-refractivity contribution < 1.29 is 9.47 Å². The lowest BCUT2D eigenvalue weighted by molar-refractivity contribution is 0.303. The van der Waals surface area contributed by atoms with Gasteiger partial charge in [-0.05, 0) is 60.7 Å². The minimum atomic E-state index is 0.389. The molecule has 0 atom stereocenters. The lowest BCUT2D eigenvalue weighted by Gasteiger charge is -2.14. The van der Waals surface area contributed by atoms with Gasteiger partial charge in [0.15, 0.2) is 0 Å². The van der Waals surface area contributed by atoms with Crippen LogP contribution in [0.4, 0.5) is 5.69 Å². The van der Waals surface area contributed by atoms with E-state index in [1.54, 1.807) is 0 Å². The van der Waals surface area contributed by atoms with E-state index < -0.39 is 0 Å². The highest BCUT2D eigenvalue weighted by atomic mass is 35.5. The summed E-state index contributed by atoms with van der Waals surface area (Å²) in [7, 11) is 0. The SMILES string of the molecule is Clc1ccc(OCc2ccccc2Cl)c(CNc2ccc(Oc3ccccc3)cc2)c1. The van der Waals surface area contributed by atoms with Crippen LogP contribution in [0, 0.1) is 0 Å². The van der Waals surface area contributed by atoms with Gasteiger partial charge in [-0.2, -0.15) is 0 Å². The van der Waals surface area contributed by atoms with Crippen LogP contribution in [-0.2, 0) is 13.2 Å². The fourth-order valence-electron chi connectivity index (χ4n) is 3.06. The van der Waals surface area contributed by atoms with Crippen molar-refractivity contribution in [2.24, 2.45) is 0 Å². The van der Waals surface area contributed by atoms with Crippen molar-refractivity contribution in [2.45, 2.75) is 13.2 Å². The normalized spacial score (nSPS) is 10.5. The summed E-state index contributed by atoms with van der Waals surface area (Å²) >= 11 is 12.5. The zero-order valence-electron chi connectivity index (χ0n) is 16.7. The molecule has 0 saturated heterocycles. The molecule has 0 aromatic heterocycles. The zero-order valence-corrected chi connectivity index (χ0v) is 18.2. The molecule has 5 heteroatoms. The van der Waals surface area contributed by atoms with E-state index in [1.165, 1.54) is 0 Å². The van der Waals surface area contributed by atoms with E-state index in [1.807, 2.05) is 97.1 Å². The summed E-state index contributed by atoms with van der Waals surface area (Å²) in [5.41, 5.74) is 2.87. The Morgan fingerprint density at radius 2 is 1.39 bits per heavy atom. The highest BCUT2D eigenvalue weighted by Crippen LogP contribution is 2.27. The third-order valence-electron chi connectivity index (χ3n) is 4.68. The molecule has 0 bridgehead atoms. The quantitative estimate of drug-likeness (QED) is 0.295. The highest BCUT2D eigenvalue weighted by molar-refractivity contribution is 6.31. The Labute approximate surface area is 192 Å². The molecule has 0 aliphatic carbocycles. The Hall–Kier alpha value is -3.14. The Bertz CT molecular complexity index is 1130. The second-order valence-electron chi connectivity index (χ2n) is 6.93. The molecular formula is C26H21Cl2NO2. The van der Waals surface area contributed by atoms with E-state index in [2.05, 4.69) is 5.32 Å². The summed E-state index contributed by atoms with van der Waals surface area (Å²) < 4.78 is 11.9. The van der Waals surface area contributed by atoms with Crippen molar-refractivity contribution in [2.75, 3.05) is 5.32 Å². The maximum atomic E-state index is 6.24. The number of halogens is 2. The number of anilines is 1. The molecule has 0 saturated carbocycles. The van der Waals surface area contributed by atoms with E-state index in [0.717, 1.165) is 34.1 Å². The predicted molar refractivity (Wildman–Crippen MR) is 128 cm³/mol. The van der Waals surface area contributed by atoms with Crippen LogP contribution >= 0.6 is 23.2 Å². The van der Waals surface area contributed by atoms with Crippen LogP contribution in [-0.4, -0.2) is 0 Å². The lowest BCUT2D eigenvalue weighted by Crippen LogP contribution is -2.04. The van der Waals surface area contributed by atoms with Crippen molar-refractivity contribution in [1.29, 1.82) is 0 Å². The third kappa shape index (κ3) is 5.94. The fraction of sp³-hybridized carbons (Fsp3) is 0.0769. The Morgan fingerprint density at radius 3 is 2.16 bits per heavy atom. The minimum Gasteiger partial charge on any atom is -0.488 e. The summed E-state index contributed by atoms with van der Waals surface area (Å²) in [4.78, 5) is 0. The molecule has 4 aromatic rings. The van der Waals surface area contributed by atoms with Gasteiger partial charge in [0, 0.05) is 33.4 Å². The molecule has 0 radical (unpaired) electrons. The zero-order chi connectivity index (χ0) is 21.5. The average molecular weight is 450 g/mol. The Balaban J connectivity index is 1.40. The molecule has 4 aromatic carbocycles. The molecule has 0 unspecified atom stereocenters. The van der Waals surface area contributed by atoms with E-state index >= 15 is 0 Å². The molecule has 0 spiro atoms. The van der Waals surface area contributed by atoms with Crippen LogP contribution in [0.5, 0.6) is 17.2 Å². The molecule has 0 aliphatic rings. The van der Waals surface area contributed by atoms with Gasteiger partial charge in [-0.15, -0.1) is 0 Å². The van der Waals surface area contributed by atoms with Gasteiger partial charge in [0.1, 0.15) is 23.9 Å². The van der Waals surface area contributed by atoms with Gasteiger partial charge in [0.2, 0.25) is 0 Å². The lowest BCUT2D eigenvalue weighted by atomic mass is 10.2. The van der Waals surface area contributed by atoms with Crippen molar-refractivity contribution in [3.05, 3.63) is 118 Å². The minimum absolute atomic E-state index is 0.389. The van der Waals surface area contributed by atoms with E-state index in [0.29, 0.717) is 23.2 Å². The standard InChI is InChI=1S/C26H21Cl2NO2/c27-21-10-15-26(30-18-19-6-4-5-9-25(19)28)20(16-21)17-29-22-11-13-24(14-12-22)31-23-7-2-1-3-8-23/h1-16,29H,17-18H2. The van der Waals surface area contributed by atoms with E-state index in [4.69, 9.17) is 32.7 Å². The van der Waals surface area contributed by atoms with Gasteiger partial charge >= 0.3 is 0 Å². The van der Waals surface area contributed by atoms with Gasteiger partial charge in [-0.1, -0.05) is 59.6 Å². The highest BCUT2D eigenvalue weighted by Gasteiger charge is 2.07. The smallest absolute Gasteiger partial charge is 0.127 e. The second kappa shape index (κ2) is 10.3. The van der Waals surface area contributed by atoms with Crippen molar-refractivity contribution in [1.82, 2.24) is 0 Å². The molecule has 156 valence electrons. The van der Waals surface area contributed by atoms with Gasteiger partial charge < -0.3 is 14.8 Å². The van der Waals surface area contributed by atoms with Gasteiger partial charge in [-0.25, -0.2) is 0 Å². The van der Waals surface area contributed by atoms with Crippen LogP contribution in [0.3, 0.4) is 0 Å². The van der Waals surface area contributed by atoms with E-state index in [-0.39, 0.29) is 0 Å². The van der Waals surface area contributed by atoms with Crippen LogP contribution in [0.25, 0.3) is 0 Å². The molecule has 1 N–H and O–H groups in total. The molecule has 0 fully saturated rings. The topological polar surface area (TPSA) is 30.5 Å². The van der Waals surface area contributed by atoms with Crippen LogP contribution < -0.4 is 14.8 Å². The number of hydrogen-bond acceptors (Lipinski definition) is 3. The Kier molecular flexibility index (Phi) is 6.98. The Morgan fingerprint density at radius 1 is 0.677 bits per heavy atom. The first-order chi connectivity index (χ1) is 15.2. The van der Waals surface area contributed by atoms with Crippen molar-refractivity contribution in [3.8, 4) is 17.2 Å². The number of para-hydroxylation sites is 1. The number of rotatable bonds is 8. The summed E-state index contributed by atoms with van der Waals surface area (Å²) in [6.07, 6.45) is 0. The number of hydrogen-bond donors (Lipinski definition) is 1. The van der Waals surface area contributed by atoms with Crippen molar-refractivity contribution in [3.63, 3.8) is 0 Å². The molecular weight excluding hydrogens is 429 g/mol. The molecule has 0 heterocycles. The molecule has 31 heavy (non-hydrogen) atoms. The first-order valence-corrected chi connectivity index (χ1v) is 10.6. The van der Waals surface area contributed by atoms with Crippen LogP contribution in [0.1, 0.15) is 11.1 Å². The summed E-state index contributed by atoms with van der Waals surface area (Å²) in [6.45, 7) is 0.955. The molecule has 4 rings (SSSR count). The maximum absolute atomic E-state index is 6.24. The van der Waals surface area contributed by atoms with Gasteiger partial charge in [0.25, 0.3) is 0 Å². The predicted octanol–water partition coefficient (Wildman–Crippen LogP) is 7.98. The second-order valence-corrected chi connectivity index (χ2v) is 7.77. The van der Waals surface area contributed by atoms with E-state index in [9.17, 15) is 0 Å². The van der Waals surface area contributed by atoms with Gasteiger partial charge in [-0.3, -0.25) is 0 Å². The average Bonchev–Trinajstić information content (AvgIpc) is 2.80. The fourth-order valence-corrected chi connectivity index (χ4v) is 3.45.